The average molecular weight is 247 g/mol. The second kappa shape index (κ2) is 4.68. The minimum Gasteiger partial charge on any atom is -0.472 e. The number of nitrogens with one attached hydrogen (secondary N) is 1. The maximum Gasteiger partial charge on any atom is 0.293 e. The zero-order valence-corrected chi connectivity index (χ0v) is 10.8. The molecule has 0 saturated carbocycles. The smallest absolute Gasteiger partial charge is 0.293 e. The van der Waals surface area contributed by atoms with Gasteiger partial charge in [-0.2, -0.15) is 0 Å². The van der Waals surface area contributed by atoms with Crippen molar-refractivity contribution >= 4 is 5.82 Å². The van der Waals surface area contributed by atoms with Crippen molar-refractivity contribution in [3.8, 4) is 0 Å². The zero-order valence-electron chi connectivity index (χ0n) is 10.8. The van der Waals surface area contributed by atoms with E-state index in [1.165, 1.54) is 0 Å². The molecule has 0 aliphatic carbocycles. The van der Waals surface area contributed by atoms with Crippen molar-refractivity contribution in [1.82, 2.24) is 9.55 Å². The van der Waals surface area contributed by atoms with Crippen molar-refractivity contribution in [3.05, 3.63) is 46.9 Å². The highest BCUT2D eigenvalue weighted by molar-refractivity contribution is 5.32. The molecule has 0 spiro atoms. The van der Waals surface area contributed by atoms with E-state index < -0.39 is 0 Å². The summed E-state index contributed by atoms with van der Waals surface area (Å²) in [5.41, 5.74) is 0.599. The number of furan rings is 1. The number of anilines is 1. The van der Waals surface area contributed by atoms with E-state index in [0.29, 0.717) is 12.4 Å². The lowest BCUT2D eigenvalue weighted by Gasteiger charge is -2.22. The van der Waals surface area contributed by atoms with Crippen LogP contribution in [0.5, 0.6) is 0 Å². The molecule has 0 aliphatic rings. The van der Waals surface area contributed by atoms with Gasteiger partial charge in [0.1, 0.15) is 0 Å². The van der Waals surface area contributed by atoms with Gasteiger partial charge in [0.25, 0.3) is 5.56 Å². The van der Waals surface area contributed by atoms with Crippen LogP contribution in [0.15, 0.2) is 40.2 Å². The van der Waals surface area contributed by atoms with Crippen LogP contribution in [0.4, 0.5) is 5.82 Å². The fourth-order valence-corrected chi connectivity index (χ4v) is 1.64. The highest BCUT2D eigenvalue weighted by Gasteiger charge is 2.16. The summed E-state index contributed by atoms with van der Waals surface area (Å²) in [6.45, 7) is 6.46. The van der Waals surface area contributed by atoms with Crippen LogP contribution in [0.2, 0.25) is 0 Å². The molecule has 96 valence electrons. The van der Waals surface area contributed by atoms with Gasteiger partial charge in [-0.15, -0.1) is 0 Å². The molecule has 2 rings (SSSR count). The van der Waals surface area contributed by atoms with E-state index in [9.17, 15) is 4.79 Å². The molecule has 5 nitrogen and oxygen atoms in total. The molecule has 0 bridgehead atoms. The Morgan fingerprint density at radius 1 is 1.44 bits per heavy atom. The van der Waals surface area contributed by atoms with Crippen molar-refractivity contribution in [2.45, 2.75) is 32.9 Å². The van der Waals surface area contributed by atoms with Crippen LogP contribution < -0.4 is 10.9 Å². The van der Waals surface area contributed by atoms with E-state index in [-0.39, 0.29) is 11.1 Å². The summed E-state index contributed by atoms with van der Waals surface area (Å²) in [4.78, 5) is 16.3. The number of aromatic nitrogens is 2. The Morgan fingerprint density at radius 3 is 2.83 bits per heavy atom. The molecule has 0 unspecified atom stereocenters. The van der Waals surface area contributed by atoms with E-state index in [0.717, 1.165) is 5.56 Å². The SMILES string of the molecule is CC(C)(C)n1ccnc(NCc2ccoc2)c1=O. The summed E-state index contributed by atoms with van der Waals surface area (Å²) in [6.07, 6.45) is 6.57. The van der Waals surface area contributed by atoms with Gasteiger partial charge >= 0.3 is 0 Å². The van der Waals surface area contributed by atoms with E-state index in [1.807, 2.05) is 26.8 Å². The van der Waals surface area contributed by atoms with Crippen molar-refractivity contribution in [2.75, 3.05) is 5.32 Å². The second-order valence-corrected chi connectivity index (χ2v) is 5.11. The monoisotopic (exact) mass is 247 g/mol. The average Bonchev–Trinajstić information content (AvgIpc) is 2.79. The molecular formula is C13H17N3O2. The third-order valence-corrected chi connectivity index (χ3v) is 2.60. The number of rotatable bonds is 3. The standard InChI is InChI=1S/C13H17N3O2/c1-13(2,3)16-6-5-14-11(12(16)17)15-8-10-4-7-18-9-10/h4-7,9H,8H2,1-3H3,(H,14,15). The zero-order chi connectivity index (χ0) is 13.2. The van der Waals surface area contributed by atoms with E-state index in [4.69, 9.17) is 4.42 Å². The highest BCUT2D eigenvalue weighted by atomic mass is 16.3. The molecule has 2 aromatic heterocycles. The van der Waals surface area contributed by atoms with Crippen LogP contribution >= 0.6 is 0 Å². The number of nitrogens with zero attached hydrogens (tertiary/aromatic N) is 2. The maximum atomic E-state index is 12.2. The molecule has 0 amide bonds. The molecule has 0 aliphatic heterocycles. The van der Waals surface area contributed by atoms with Crippen molar-refractivity contribution < 1.29 is 4.42 Å². The van der Waals surface area contributed by atoms with Crippen LogP contribution in [0.3, 0.4) is 0 Å². The summed E-state index contributed by atoms with van der Waals surface area (Å²) in [6, 6.07) is 1.85. The third kappa shape index (κ3) is 2.61. The minimum atomic E-state index is -0.258. The topological polar surface area (TPSA) is 60.1 Å². The Bertz CT molecular complexity index is 565. The fourth-order valence-electron chi connectivity index (χ4n) is 1.64. The summed E-state index contributed by atoms with van der Waals surface area (Å²) >= 11 is 0. The molecule has 18 heavy (non-hydrogen) atoms. The molecule has 0 fully saturated rings. The van der Waals surface area contributed by atoms with E-state index in [2.05, 4.69) is 10.3 Å². The highest BCUT2D eigenvalue weighted by Crippen LogP contribution is 2.11. The summed E-state index contributed by atoms with van der Waals surface area (Å²) in [5, 5.41) is 3.02. The van der Waals surface area contributed by atoms with Gasteiger partial charge in [-0.1, -0.05) is 0 Å². The number of hydrogen-bond acceptors (Lipinski definition) is 4. The molecule has 0 radical (unpaired) electrons. The molecule has 0 aromatic carbocycles. The van der Waals surface area contributed by atoms with Gasteiger partial charge in [0.15, 0.2) is 5.82 Å². The van der Waals surface area contributed by atoms with Gasteiger partial charge < -0.3 is 14.3 Å². The van der Waals surface area contributed by atoms with Gasteiger partial charge in [0.2, 0.25) is 0 Å². The van der Waals surface area contributed by atoms with E-state index in [1.54, 1.807) is 29.5 Å². The van der Waals surface area contributed by atoms with Crippen LogP contribution in [-0.4, -0.2) is 9.55 Å². The molecule has 2 aromatic rings. The summed E-state index contributed by atoms with van der Waals surface area (Å²) < 4.78 is 6.63. The van der Waals surface area contributed by atoms with Gasteiger partial charge in [-0.25, -0.2) is 4.98 Å². The Labute approximate surface area is 105 Å². The van der Waals surface area contributed by atoms with Crippen molar-refractivity contribution in [3.63, 3.8) is 0 Å². The molecule has 0 atom stereocenters. The first-order chi connectivity index (χ1) is 8.48. The third-order valence-electron chi connectivity index (χ3n) is 2.60. The Morgan fingerprint density at radius 2 is 2.22 bits per heavy atom. The minimum absolute atomic E-state index is 0.117. The second-order valence-electron chi connectivity index (χ2n) is 5.11. The number of hydrogen-bond donors (Lipinski definition) is 1. The lowest BCUT2D eigenvalue weighted by molar-refractivity contribution is 0.383. The molecule has 5 heteroatoms. The summed E-state index contributed by atoms with van der Waals surface area (Å²) in [7, 11) is 0. The largest absolute Gasteiger partial charge is 0.472 e. The van der Waals surface area contributed by atoms with Gasteiger partial charge in [0, 0.05) is 30.0 Å². The van der Waals surface area contributed by atoms with Crippen LogP contribution in [-0.2, 0) is 12.1 Å². The maximum absolute atomic E-state index is 12.2. The predicted octanol–water partition coefficient (Wildman–Crippen LogP) is 2.20. The van der Waals surface area contributed by atoms with Gasteiger partial charge in [-0.3, -0.25) is 4.79 Å². The van der Waals surface area contributed by atoms with Crippen molar-refractivity contribution in [1.29, 1.82) is 0 Å². The van der Waals surface area contributed by atoms with Crippen LogP contribution in [0.1, 0.15) is 26.3 Å². The van der Waals surface area contributed by atoms with Crippen LogP contribution in [0, 0.1) is 0 Å². The first-order valence-electron chi connectivity index (χ1n) is 5.81. The Balaban J connectivity index is 2.22. The lowest BCUT2D eigenvalue weighted by Crippen LogP contribution is -2.35. The lowest BCUT2D eigenvalue weighted by atomic mass is 10.1. The normalized spacial score (nSPS) is 11.5. The molecular weight excluding hydrogens is 230 g/mol. The first kappa shape index (κ1) is 12.4. The van der Waals surface area contributed by atoms with E-state index >= 15 is 0 Å². The Kier molecular flexibility index (Phi) is 3.23. The molecule has 1 N–H and O–H groups in total. The fraction of sp³-hybridized carbons (Fsp3) is 0.385. The van der Waals surface area contributed by atoms with Gasteiger partial charge in [0.05, 0.1) is 12.5 Å². The van der Waals surface area contributed by atoms with Gasteiger partial charge in [-0.05, 0) is 26.8 Å². The first-order valence-corrected chi connectivity index (χ1v) is 5.81. The van der Waals surface area contributed by atoms with Crippen molar-refractivity contribution in [2.24, 2.45) is 0 Å². The summed E-state index contributed by atoms with van der Waals surface area (Å²) in [5.74, 6) is 0.355. The Hall–Kier alpha value is -2.04. The quantitative estimate of drug-likeness (QED) is 0.903. The molecule has 2 heterocycles. The molecule has 0 saturated heterocycles. The van der Waals surface area contributed by atoms with Crippen LogP contribution in [0.25, 0.3) is 0 Å². The predicted molar refractivity (Wildman–Crippen MR) is 69.5 cm³/mol.